The molecule has 2 heterocycles. The van der Waals surface area contributed by atoms with E-state index in [0.29, 0.717) is 24.4 Å². The van der Waals surface area contributed by atoms with Crippen LogP contribution < -0.4 is 9.64 Å². The maximum absolute atomic E-state index is 12.1. The van der Waals surface area contributed by atoms with Gasteiger partial charge in [-0.05, 0) is 32.0 Å². The number of hydrogen-bond donors (Lipinski definition) is 1. The molecule has 1 fully saturated rings. The van der Waals surface area contributed by atoms with Gasteiger partial charge in [-0.25, -0.2) is 4.98 Å². The molecule has 0 bridgehead atoms. The Kier molecular flexibility index (Phi) is 5.73. The average molecular weight is 355 g/mol. The van der Waals surface area contributed by atoms with Gasteiger partial charge in [-0.15, -0.1) is 0 Å². The van der Waals surface area contributed by atoms with Gasteiger partial charge in [-0.1, -0.05) is 24.3 Å². The van der Waals surface area contributed by atoms with Crippen LogP contribution in [0, 0.1) is 0 Å². The Bertz CT molecular complexity index is 728. The third-order valence-electron chi connectivity index (χ3n) is 4.46. The lowest BCUT2D eigenvalue weighted by atomic mass is 10.0. The summed E-state index contributed by atoms with van der Waals surface area (Å²) in [5, 5.41) is 9.90. The van der Waals surface area contributed by atoms with E-state index in [9.17, 15) is 9.90 Å². The first-order valence-corrected chi connectivity index (χ1v) is 8.94. The van der Waals surface area contributed by atoms with Crippen LogP contribution >= 0.6 is 0 Å². The van der Waals surface area contributed by atoms with Gasteiger partial charge in [0.25, 0.3) is 0 Å². The van der Waals surface area contributed by atoms with Crippen molar-refractivity contribution >= 4 is 11.8 Å². The minimum Gasteiger partial charge on any atom is -0.491 e. The number of benzene rings is 1. The fourth-order valence-corrected chi connectivity index (χ4v) is 3.30. The summed E-state index contributed by atoms with van der Waals surface area (Å²) in [6, 6.07) is 12.6. The lowest BCUT2D eigenvalue weighted by Gasteiger charge is -2.38. The van der Waals surface area contributed by atoms with E-state index in [2.05, 4.69) is 9.88 Å². The van der Waals surface area contributed by atoms with Gasteiger partial charge in [0.2, 0.25) is 0 Å². The molecule has 1 N–H and O–H groups in total. The van der Waals surface area contributed by atoms with Gasteiger partial charge < -0.3 is 14.7 Å². The Morgan fingerprint density at radius 2 is 1.77 bits per heavy atom. The average Bonchev–Trinajstić information content (AvgIpc) is 2.64. The van der Waals surface area contributed by atoms with Crippen molar-refractivity contribution < 1.29 is 14.6 Å². The molecule has 1 saturated heterocycles. The third kappa shape index (κ3) is 4.14. The number of anilines is 1. The molecule has 26 heavy (non-hydrogen) atoms. The number of pyridine rings is 1. The molecule has 0 spiro atoms. The summed E-state index contributed by atoms with van der Waals surface area (Å²) in [5.41, 5.74) is 0.708. The second-order valence-corrected chi connectivity index (χ2v) is 6.66. The molecule has 0 unspecified atom stereocenters. The molecule has 0 saturated carbocycles. The molecule has 0 radical (unpaired) electrons. The molecule has 138 valence electrons. The maximum atomic E-state index is 12.1. The third-order valence-corrected chi connectivity index (χ3v) is 4.46. The normalized spacial score (nSPS) is 16.5. The first-order chi connectivity index (χ1) is 12.6. The number of carboxylic acids is 1. The van der Waals surface area contributed by atoms with Crippen molar-refractivity contribution in [2.24, 2.45) is 0 Å². The van der Waals surface area contributed by atoms with E-state index in [-0.39, 0.29) is 6.10 Å². The number of carbonyl (C=O) groups is 1. The predicted molar refractivity (Wildman–Crippen MR) is 101 cm³/mol. The number of nitrogens with zero attached hydrogens (tertiary/aromatic N) is 3. The molecule has 0 amide bonds. The van der Waals surface area contributed by atoms with Crippen LogP contribution in [0.15, 0.2) is 48.7 Å². The molecular formula is C20H25N3O3. The molecule has 1 aliphatic heterocycles. The van der Waals surface area contributed by atoms with Crippen molar-refractivity contribution in [1.29, 1.82) is 0 Å². The fourth-order valence-electron chi connectivity index (χ4n) is 3.30. The second kappa shape index (κ2) is 8.19. The zero-order valence-electron chi connectivity index (χ0n) is 15.2. The molecule has 6 heteroatoms. The summed E-state index contributed by atoms with van der Waals surface area (Å²) in [5.74, 6) is 0.723. The molecule has 2 aromatic rings. The lowest BCUT2D eigenvalue weighted by Crippen LogP contribution is -2.49. The van der Waals surface area contributed by atoms with E-state index in [1.54, 1.807) is 6.20 Å². The summed E-state index contributed by atoms with van der Waals surface area (Å²) in [6.45, 7) is 6.69. The molecule has 6 nitrogen and oxygen atoms in total. The number of aliphatic carboxylic acids is 1. The van der Waals surface area contributed by atoms with Crippen LogP contribution in [-0.4, -0.2) is 53.2 Å². The highest BCUT2D eigenvalue weighted by Crippen LogP contribution is 2.31. The number of rotatable bonds is 6. The largest absolute Gasteiger partial charge is 0.491 e. The molecular weight excluding hydrogens is 330 g/mol. The van der Waals surface area contributed by atoms with Crippen molar-refractivity contribution in [3.8, 4) is 5.75 Å². The van der Waals surface area contributed by atoms with E-state index in [1.807, 2.05) is 61.2 Å². The van der Waals surface area contributed by atoms with Crippen LogP contribution in [0.2, 0.25) is 0 Å². The van der Waals surface area contributed by atoms with E-state index in [0.717, 1.165) is 18.9 Å². The van der Waals surface area contributed by atoms with Crippen molar-refractivity contribution in [3.05, 3.63) is 54.2 Å². The topological polar surface area (TPSA) is 65.9 Å². The highest BCUT2D eigenvalue weighted by molar-refractivity contribution is 5.76. The molecule has 1 aromatic carbocycles. The number of carboxylic acid groups (broad SMARTS) is 1. The van der Waals surface area contributed by atoms with Crippen LogP contribution in [0.1, 0.15) is 25.5 Å². The Hall–Kier alpha value is -2.60. The highest BCUT2D eigenvalue weighted by atomic mass is 16.5. The molecule has 1 aromatic heterocycles. The number of hydrogen-bond acceptors (Lipinski definition) is 5. The van der Waals surface area contributed by atoms with Gasteiger partial charge in [0.05, 0.1) is 6.10 Å². The molecule has 1 atom stereocenters. The van der Waals surface area contributed by atoms with Crippen molar-refractivity contribution in [1.82, 2.24) is 9.88 Å². The van der Waals surface area contributed by atoms with Gasteiger partial charge in [0, 0.05) is 37.9 Å². The summed E-state index contributed by atoms with van der Waals surface area (Å²) in [4.78, 5) is 20.6. The number of piperazine rings is 1. The number of aromatic nitrogens is 1. The Morgan fingerprint density at radius 1 is 1.08 bits per heavy atom. The van der Waals surface area contributed by atoms with E-state index in [1.165, 1.54) is 0 Å². The van der Waals surface area contributed by atoms with E-state index < -0.39 is 12.0 Å². The number of ether oxygens (including phenoxy) is 1. The fraction of sp³-hybridized carbons (Fsp3) is 0.400. The van der Waals surface area contributed by atoms with Crippen LogP contribution in [-0.2, 0) is 4.79 Å². The van der Waals surface area contributed by atoms with Gasteiger partial charge in [-0.2, -0.15) is 0 Å². The lowest BCUT2D eigenvalue weighted by molar-refractivity contribution is -0.143. The quantitative estimate of drug-likeness (QED) is 0.860. The van der Waals surface area contributed by atoms with Crippen LogP contribution in [0.25, 0.3) is 0 Å². The van der Waals surface area contributed by atoms with Crippen LogP contribution in [0.4, 0.5) is 5.82 Å². The van der Waals surface area contributed by atoms with Crippen LogP contribution in [0.5, 0.6) is 5.75 Å². The Labute approximate surface area is 154 Å². The smallest absolute Gasteiger partial charge is 0.325 e. The summed E-state index contributed by atoms with van der Waals surface area (Å²) >= 11 is 0. The first-order valence-electron chi connectivity index (χ1n) is 8.94. The highest BCUT2D eigenvalue weighted by Gasteiger charge is 2.32. The van der Waals surface area contributed by atoms with Gasteiger partial charge >= 0.3 is 5.97 Å². The van der Waals surface area contributed by atoms with Gasteiger partial charge in [0.1, 0.15) is 17.6 Å². The molecule has 1 aliphatic rings. The Balaban J connectivity index is 1.77. The van der Waals surface area contributed by atoms with Crippen molar-refractivity contribution in [3.63, 3.8) is 0 Å². The minimum absolute atomic E-state index is 0.00778. The Morgan fingerprint density at radius 3 is 2.38 bits per heavy atom. The SMILES string of the molecule is CC(C)Oc1ccccc1[C@@H](C(=O)O)N1CCN(c2ccccn2)CC1. The van der Waals surface area contributed by atoms with Crippen molar-refractivity contribution in [2.45, 2.75) is 26.0 Å². The molecule has 3 rings (SSSR count). The van der Waals surface area contributed by atoms with Crippen molar-refractivity contribution in [2.75, 3.05) is 31.1 Å². The van der Waals surface area contributed by atoms with E-state index in [4.69, 9.17) is 4.74 Å². The standard InChI is InChI=1S/C20H25N3O3/c1-15(2)26-17-8-4-3-7-16(17)19(20(24)25)23-13-11-22(12-14-23)18-9-5-6-10-21-18/h3-10,15,19H,11-14H2,1-2H3,(H,24,25)/t19-/m0/s1. The molecule has 0 aliphatic carbocycles. The zero-order valence-corrected chi connectivity index (χ0v) is 15.2. The first kappa shape index (κ1) is 18.2. The van der Waals surface area contributed by atoms with E-state index >= 15 is 0 Å². The summed E-state index contributed by atoms with van der Waals surface area (Å²) in [7, 11) is 0. The summed E-state index contributed by atoms with van der Waals surface area (Å²) < 4.78 is 5.85. The number of para-hydroxylation sites is 1. The monoisotopic (exact) mass is 355 g/mol. The summed E-state index contributed by atoms with van der Waals surface area (Å²) in [6.07, 6.45) is 1.77. The van der Waals surface area contributed by atoms with Gasteiger partial charge in [-0.3, -0.25) is 9.69 Å². The van der Waals surface area contributed by atoms with Crippen LogP contribution in [0.3, 0.4) is 0 Å². The predicted octanol–water partition coefficient (Wildman–Crippen LogP) is 2.82. The minimum atomic E-state index is -0.851. The second-order valence-electron chi connectivity index (χ2n) is 6.66. The maximum Gasteiger partial charge on any atom is 0.325 e. The van der Waals surface area contributed by atoms with Gasteiger partial charge in [0.15, 0.2) is 0 Å². The zero-order chi connectivity index (χ0) is 18.5.